The number of benzene rings is 2. The van der Waals surface area contributed by atoms with Gasteiger partial charge in [0.05, 0.1) is 12.7 Å². The summed E-state index contributed by atoms with van der Waals surface area (Å²) in [7, 11) is -3.21. The van der Waals surface area contributed by atoms with Crippen molar-refractivity contribution in [2.45, 2.75) is 25.4 Å². The van der Waals surface area contributed by atoms with E-state index in [4.69, 9.17) is 9.05 Å². The second kappa shape index (κ2) is 6.76. The van der Waals surface area contributed by atoms with Crippen LogP contribution in [0.2, 0.25) is 0 Å². The molecule has 0 saturated carbocycles. The van der Waals surface area contributed by atoms with Crippen molar-refractivity contribution < 1.29 is 13.6 Å². The van der Waals surface area contributed by atoms with Crippen molar-refractivity contribution >= 4 is 7.60 Å². The van der Waals surface area contributed by atoms with E-state index in [0.29, 0.717) is 13.2 Å². The van der Waals surface area contributed by atoms with Crippen molar-refractivity contribution in [3.63, 3.8) is 0 Å². The van der Waals surface area contributed by atoms with E-state index < -0.39 is 13.4 Å². The van der Waals surface area contributed by atoms with E-state index in [1.807, 2.05) is 67.6 Å². The maximum Gasteiger partial charge on any atom is 0.352 e. The van der Waals surface area contributed by atoms with Crippen LogP contribution in [0.3, 0.4) is 0 Å². The third-order valence-corrected chi connectivity index (χ3v) is 5.87. The average Bonchev–Trinajstić information content (AvgIpc) is 2.89. The van der Waals surface area contributed by atoms with Gasteiger partial charge in [0.15, 0.2) is 0 Å². The third kappa shape index (κ3) is 3.47. The van der Waals surface area contributed by atoms with Crippen molar-refractivity contribution in [3.8, 4) is 0 Å². The van der Waals surface area contributed by atoms with Gasteiger partial charge in [-0.25, -0.2) is 0 Å². The topological polar surface area (TPSA) is 47.6 Å². The molecule has 0 bridgehead atoms. The quantitative estimate of drug-likeness (QED) is 0.843. The van der Waals surface area contributed by atoms with Crippen LogP contribution in [-0.4, -0.2) is 12.7 Å². The van der Waals surface area contributed by atoms with E-state index in [1.165, 1.54) is 0 Å². The van der Waals surface area contributed by atoms with Crippen LogP contribution in [0, 0.1) is 0 Å². The van der Waals surface area contributed by atoms with Crippen LogP contribution >= 0.6 is 7.60 Å². The molecule has 0 amide bonds. The summed E-state index contributed by atoms with van der Waals surface area (Å²) >= 11 is 0. The lowest BCUT2D eigenvalue weighted by molar-refractivity contribution is 0.253. The summed E-state index contributed by atoms with van der Waals surface area (Å²) in [4.78, 5) is 0. The Hall–Kier alpha value is -1.45. The lowest BCUT2D eigenvalue weighted by Crippen LogP contribution is -2.21. The van der Waals surface area contributed by atoms with E-state index in [-0.39, 0.29) is 6.10 Å². The number of rotatable bonds is 5. The smallest absolute Gasteiger partial charge is 0.304 e. The molecule has 5 heteroatoms. The van der Waals surface area contributed by atoms with Gasteiger partial charge in [-0.3, -0.25) is 9.88 Å². The first-order valence-corrected chi connectivity index (χ1v) is 9.03. The standard InChI is InChI=1S/C17H20NO3P/c1-14-13-20-22(19,21-14)17(16-10-6-3-7-11-16)18-12-15-8-4-2-5-9-15/h2-11,14,17-18H,12-13H2,1H3/t14-,17-,22+/m1/s1. The summed E-state index contributed by atoms with van der Waals surface area (Å²) in [5.41, 5.74) is 2.04. The Morgan fingerprint density at radius 3 is 2.36 bits per heavy atom. The predicted octanol–water partition coefficient (Wildman–Crippen LogP) is 4.10. The van der Waals surface area contributed by atoms with Gasteiger partial charge in [-0.2, -0.15) is 0 Å². The molecule has 1 aliphatic rings. The Kier molecular flexibility index (Phi) is 4.74. The van der Waals surface area contributed by atoms with E-state index in [1.54, 1.807) is 0 Å². The van der Waals surface area contributed by atoms with Gasteiger partial charge in [-0.05, 0) is 18.1 Å². The zero-order valence-corrected chi connectivity index (χ0v) is 13.4. The molecule has 2 aromatic carbocycles. The van der Waals surface area contributed by atoms with Gasteiger partial charge in [-0.15, -0.1) is 0 Å². The van der Waals surface area contributed by atoms with Gasteiger partial charge in [0.25, 0.3) is 0 Å². The molecule has 1 N–H and O–H groups in total. The highest BCUT2D eigenvalue weighted by molar-refractivity contribution is 7.54. The molecule has 1 saturated heterocycles. The molecule has 0 radical (unpaired) electrons. The van der Waals surface area contributed by atoms with Crippen molar-refractivity contribution in [2.75, 3.05) is 6.61 Å². The summed E-state index contributed by atoms with van der Waals surface area (Å²) in [5.74, 6) is -0.459. The Balaban J connectivity index is 1.82. The fraction of sp³-hybridized carbons (Fsp3) is 0.294. The summed E-state index contributed by atoms with van der Waals surface area (Å²) in [6, 6.07) is 19.7. The Morgan fingerprint density at radius 1 is 1.14 bits per heavy atom. The highest BCUT2D eigenvalue weighted by atomic mass is 31.2. The maximum atomic E-state index is 13.0. The van der Waals surface area contributed by atoms with E-state index in [9.17, 15) is 4.57 Å². The predicted molar refractivity (Wildman–Crippen MR) is 86.6 cm³/mol. The van der Waals surface area contributed by atoms with E-state index in [2.05, 4.69) is 5.32 Å². The van der Waals surface area contributed by atoms with E-state index in [0.717, 1.165) is 11.1 Å². The first kappa shape index (κ1) is 15.4. The molecule has 4 nitrogen and oxygen atoms in total. The van der Waals surface area contributed by atoms with Crippen LogP contribution in [0.4, 0.5) is 0 Å². The van der Waals surface area contributed by atoms with Crippen LogP contribution in [0.25, 0.3) is 0 Å². The fourth-order valence-electron chi connectivity index (χ4n) is 2.51. The van der Waals surface area contributed by atoms with Crippen LogP contribution in [0.15, 0.2) is 60.7 Å². The summed E-state index contributed by atoms with van der Waals surface area (Å²) in [6.45, 7) is 2.85. The summed E-state index contributed by atoms with van der Waals surface area (Å²) < 4.78 is 24.2. The second-order valence-electron chi connectivity index (χ2n) is 5.43. The summed E-state index contributed by atoms with van der Waals surface area (Å²) in [6.07, 6.45) is -0.143. The Labute approximate surface area is 131 Å². The zero-order valence-electron chi connectivity index (χ0n) is 12.5. The number of nitrogens with one attached hydrogen (secondary N) is 1. The molecule has 1 fully saturated rings. The third-order valence-electron chi connectivity index (χ3n) is 3.59. The van der Waals surface area contributed by atoms with Crippen LogP contribution in [0.5, 0.6) is 0 Å². The first-order valence-electron chi connectivity index (χ1n) is 7.42. The molecule has 22 heavy (non-hydrogen) atoms. The first-order chi connectivity index (χ1) is 10.7. The molecular formula is C17H20NO3P. The van der Waals surface area contributed by atoms with Gasteiger partial charge in [0.2, 0.25) is 0 Å². The Morgan fingerprint density at radius 2 is 1.77 bits per heavy atom. The van der Waals surface area contributed by atoms with Crippen molar-refractivity contribution in [1.29, 1.82) is 0 Å². The molecule has 0 aliphatic carbocycles. The molecule has 1 aliphatic heterocycles. The van der Waals surface area contributed by atoms with Crippen molar-refractivity contribution in [3.05, 3.63) is 71.8 Å². The molecule has 116 valence electrons. The van der Waals surface area contributed by atoms with Gasteiger partial charge in [0, 0.05) is 6.54 Å². The zero-order chi connectivity index (χ0) is 15.4. The lowest BCUT2D eigenvalue weighted by atomic mass is 10.2. The summed E-state index contributed by atoms with van der Waals surface area (Å²) in [5, 5.41) is 3.34. The molecule has 0 aromatic heterocycles. The Bertz CT molecular complexity index is 647. The minimum Gasteiger partial charge on any atom is -0.304 e. The van der Waals surface area contributed by atoms with Gasteiger partial charge in [-0.1, -0.05) is 60.7 Å². The fourth-order valence-corrected chi connectivity index (χ4v) is 4.68. The largest absolute Gasteiger partial charge is 0.352 e. The van der Waals surface area contributed by atoms with Gasteiger partial charge in [0.1, 0.15) is 5.78 Å². The van der Waals surface area contributed by atoms with Gasteiger partial charge < -0.3 is 9.05 Å². The molecule has 3 atom stereocenters. The molecular weight excluding hydrogens is 297 g/mol. The highest BCUT2D eigenvalue weighted by Crippen LogP contribution is 2.63. The van der Waals surface area contributed by atoms with Gasteiger partial charge >= 0.3 is 7.60 Å². The molecule has 1 heterocycles. The second-order valence-corrected chi connectivity index (χ2v) is 7.50. The van der Waals surface area contributed by atoms with Crippen LogP contribution in [0.1, 0.15) is 23.8 Å². The number of hydrogen-bond acceptors (Lipinski definition) is 4. The molecule has 2 aromatic rings. The molecule has 3 rings (SSSR count). The maximum absolute atomic E-state index is 13.0. The molecule has 0 spiro atoms. The number of hydrogen-bond donors (Lipinski definition) is 1. The monoisotopic (exact) mass is 317 g/mol. The average molecular weight is 317 g/mol. The SMILES string of the molecule is C[C@@H]1CO[P@@](=O)([C@@H](NCc2ccccc2)c2ccccc2)O1. The lowest BCUT2D eigenvalue weighted by Gasteiger charge is -2.24. The van der Waals surface area contributed by atoms with Crippen molar-refractivity contribution in [2.24, 2.45) is 0 Å². The highest BCUT2D eigenvalue weighted by Gasteiger charge is 2.43. The normalized spacial score (nSPS) is 26.0. The molecule has 0 unspecified atom stereocenters. The van der Waals surface area contributed by atoms with Crippen molar-refractivity contribution in [1.82, 2.24) is 5.32 Å². The van der Waals surface area contributed by atoms with Crippen LogP contribution < -0.4 is 5.32 Å². The minimum atomic E-state index is -3.21. The van der Waals surface area contributed by atoms with E-state index >= 15 is 0 Å². The van der Waals surface area contributed by atoms with Crippen LogP contribution in [-0.2, 0) is 20.2 Å². The minimum absolute atomic E-state index is 0.143.